The van der Waals surface area contributed by atoms with Crippen molar-refractivity contribution in [2.24, 2.45) is 0 Å². The zero-order chi connectivity index (χ0) is 9.26. The molecule has 1 heterocycles. The van der Waals surface area contributed by atoms with E-state index in [1.54, 1.807) is 17.4 Å². The third-order valence-corrected chi connectivity index (χ3v) is 2.59. The number of benzene rings is 1. The molecule has 2 nitrogen and oxygen atoms in total. The fourth-order valence-electron chi connectivity index (χ4n) is 1.26. The Balaban J connectivity index is 0.000000980. The molecule has 0 saturated carbocycles. The lowest BCUT2D eigenvalue weighted by Gasteiger charge is -2.03. The summed E-state index contributed by atoms with van der Waals surface area (Å²) in [5.74, 6) is 0. The van der Waals surface area contributed by atoms with Crippen molar-refractivity contribution in [1.82, 2.24) is 0 Å². The topological polar surface area (TPSA) is 52.0 Å². The van der Waals surface area contributed by atoms with E-state index in [-0.39, 0.29) is 12.4 Å². The molecule has 0 aliphatic rings. The first-order valence-corrected chi connectivity index (χ1v) is 4.89. The molecular weight excluding hydrogens is 216 g/mol. The lowest BCUT2D eigenvalue weighted by Crippen LogP contribution is -1.92. The van der Waals surface area contributed by atoms with Crippen LogP contribution in [0.3, 0.4) is 0 Å². The summed E-state index contributed by atoms with van der Waals surface area (Å²) in [4.78, 5) is 0. The van der Waals surface area contributed by atoms with Crippen LogP contribution in [-0.2, 0) is 0 Å². The summed E-state index contributed by atoms with van der Waals surface area (Å²) in [5.41, 5.74) is 15.1. The van der Waals surface area contributed by atoms with Crippen molar-refractivity contribution in [2.45, 2.75) is 0 Å². The maximum absolute atomic E-state index is 5.84. The summed E-state index contributed by atoms with van der Waals surface area (Å²) in [7, 11) is 0. The zero-order valence-corrected chi connectivity index (χ0v) is 9.07. The Hall–Kier alpha value is -1.19. The van der Waals surface area contributed by atoms with E-state index in [1.165, 1.54) is 0 Å². The minimum absolute atomic E-state index is 0. The van der Waals surface area contributed by atoms with E-state index in [0.717, 1.165) is 16.8 Å². The quantitative estimate of drug-likeness (QED) is 0.735. The van der Waals surface area contributed by atoms with Gasteiger partial charge < -0.3 is 11.5 Å². The van der Waals surface area contributed by atoms with Crippen molar-refractivity contribution in [2.75, 3.05) is 11.5 Å². The average Bonchev–Trinajstić information content (AvgIpc) is 2.56. The van der Waals surface area contributed by atoms with Gasteiger partial charge in [-0.05, 0) is 34.5 Å². The highest BCUT2D eigenvalue weighted by Crippen LogP contribution is 2.28. The van der Waals surface area contributed by atoms with E-state index in [2.05, 4.69) is 5.38 Å². The summed E-state index contributed by atoms with van der Waals surface area (Å²) in [5, 5.41) is 4.10. The van der Waals surface area contributed by atoms with Crippen LogP contribution in [0.4, 0.5) is 11.4 Å². The SMILES string of the molecule is Cl.Nc1ccc(-c2ccsc2)c(N)c1. The molecule has 0 aliphatic carbocycles. The molecule has 0 radical (unpaired) electrons. The number of hydrogen-bond donors (Lipinski definition) is 2. The predicted octanol–water partition coefficient (Wildman–Crippen LogP) is 3.00. The Bertz CT molecular complexity index is 412. The van der Waals surface area contributed by atoms with Crippen LogP contribution in [0.5, 0.6) is 0 Å². The third kappa shape index (κ3) is 2.00. The lowest BCUT2D eigenvalue weighted by molar-refractivity contribution is 1.64. The van der Waals surface area contributed by atoms with Crippen molar-refractivity contribution < 1.29 is 0 Å². The second kappa shape index (κ2) is 4.35. The van der Waals surface area contributed by atoms with E-state index in [4.69, 9.17) is 11.5 Å². The molecule has 14 heavy (non-hydrogen) atoms. The van der Waals surface area contributed by atoms with Crippen LogP contribution in [0, 0.1) is 0 Å². The van der Waals surface area contributed by atoms with E-state index in [0.29, 0.717) is 5.69 Å². The maximum atomic E-state index is 5.84. The lowest BCUT2D eigenvalue weighted by atomic mass is 10.1. The molecule has 1 aromatic carbocycles. The van der Waals surface area contributed by atoms with Crippen LogP contribution in [-0.4, -0.2) is 0 Å². The minimum Gasteiger partial charge on any atom is -0.399 e. The van der Waals surface area contributed by atoms with Gasteiger partial charge in [0.05, 0.1) is 0 Å². The fraction of sp³-hybridized carbons (Fsp3) is 0. The molecule has 4 heteroatoms. The van der Waals surface area contributed by atoms with E-state index in [9.17, 15) is 0 Å². The van der Waals surface area contributed by atoms with Crippen molar-refractivity contribution in [3.8, 4) is 11.1 Å². The number of anilines is 2. The first-order chi connectivity index (χ1) is 6.27. The normalized spacial score (nSPS) is 9.43. The standard InChI is InChI=1S/C10H10N2S.ClH/c11-8-1-2-9(10(12)5-8)7-3-4-13-6-7;/h1-6H,11-12H2;1H. The number of rotatable bonds is 1. The fourth-order valence-corrected chi connectivity index (χ4v) is 1.92. The molecule has 74 valence electrons. The highest BCUT2D eigenvalue weighted by atomic mass is 35.5. The maximum Gasteiger partial charge on any atom is 0.0414 e. The van der Waals surface area contributed by atoms with Gasteiger partial charge in [0.2, 0.25) is 0 Å². The van der Waals surface area contributed by atoms with Gasteiger partial charge in [-0.25, -0.2) is 0 Å². The number of hydrogen-bond acceptors (Lipinski definition) is 3. The average molecular weight is 227 g/mol. The number of thiophene rings is 1. The van der Waals surface area contributed by atoms with Crippen LogP contribution in [0.2, 0.25) is 0 Å². The Kier molecular flexibility index (Phi) is 3.38. The highest BCUT2D eigenvalue weighted by molar-refractivity contribution is 7.08. The molecule has 2 aromatic rings. The van der Waals surface area contributed by atoms with Gasteiger partial charge in [0.1, 0.15) is 0 Å². The van der Waals surface area contributed by atoms with Gasteiger partial charge >= 0.3 is 0 Å². The van der Waals surface area contributed by atoms with Crippen LogP contribution in [0.1, 0.15) is 0 Å². The largest absolute Gasteiger partial charge is 0.399 e. The summed E-state index contributed by atoms with van der Waals surface area (Å²) >= 11 is 1.66. The van der Waals surface area contributed by atoms with Crippen LogP contribution in [0.15, 0.2) is 35.0 Å². The van der Waals surface area contributed by atoms with Gasteiger partial charge in [-0.3, -0.25) is 0 Å². The molecule has 0 saturated heterocycles. The molecule has 2 rings (SSSR count). The van der Waals surface area contributed by atoms with E-state index < -0.39 is 0 Å². The molecule has 0 spiro atoms. The third-order valence-electron chi connectivity index (χ3n) is 1.91. The highest BCUT2D eigenvalue weighted by Gasteiger charge is 2.02. The molecule has 0 fully saturated rings. The molecule has 0 unspecified atom stereocenters. The molecule has 0 amide bonds. The molecule has 0 atom stereocenters. The van der Waals surface area contributed by atoms with Crippen molar-refractivity contribution in [3.63, 3.8) is 0 Å². The molecule has 0 bridgehead atoms. The Morgan fingerprint density at radius 3 is 2.43 bits per heavy atom. The Morgan fingerprint density at radius 1 is 1.07 bits per heavy atom. The summed E-state index contributed by atoms with van der Waals surface area (Å²) in [6.45, 7) is 0. The second-order valence-electron chi connectivity index (χ2n) is 2.86. The van der Waals surface area contributed by atoms with Gasteiger partial charge in [-0.15, -0.1) is 12.4 Å². The summed E-state index contributed by atoms with van der Waals surface area (Å²) in [6.07, 6.45) is 0. The first-order valence-electron chi connectivity index (χ1n) is 3.95. The second-order valence-corrected chi connectivity index (χ2v) is 3.64. The first kappa shape index (κ1) is 10.9. The van der Waals surface area contributed by atoms with Gasteiger partial charge in [-0.2, -0.15) is 11.3 Å². The summed E-state index contributed by atoms with van der Waals surface area (Å²) in [6, 6.07) is 7.65. The van der Waals surface area contributed by atoms with Crippen molar-refractivity contribution in [3.05, 3.63) is 35.0 Å². The summed E-state index contributed by atoms with van der Waals surface area (Å²) < 4.78 is 0. The monoisotopic (exact) mass is 226 g/mol. The Morgan fingerprint density at radius 2 is 1.86 bits per heavy atom. The predicted molar refractivity (Wildman–Crippen MR) is 65.8 cm³/mol. The van der Waals surface area contributed by atoms with E-state index >= 15 is 0 Å². The van der Waals surface area contributed by atoms with Gasteiger partial charge in [0.15, 0.2) is 0 Å². The Labute approximate surface area is 93.0 Å². The zero-order valence-electron chi connectivity index (χ0n) is 7.44. The van der Waals surface area contributed by atoms with Crippen molar-refractivity contribution >= 4 is 35.1 Å². The number of nitrogens with two attached hydrogens (primary N) is 2. The van der Waals surface area contributed by atoms with Gasteiger partial charge in [0, 0.05) is 16.9 Å². The number of halogens is 1. The molecule has 1 aromatic heterocycles. The van der Waals surface area contributed by atoms with Crippen LogP contribution >= 0.6 is 23.7 Å². The molecular formula is C10H11ClN2S. The van der Waals surface area contributed by atoms with Crippen LogP contribution < -0.4 is 11.5 Å². The molecule has 4 N–H and O–H groups in total. The van der Waals surface area contributed by atoms with Crippen molar-refractivity contribution in [1.29, 1.82) is 0 Å². The van der Waals surface area contributed by atoms with Gasteiger partial charge in [-0.1, -0.05) is 6.07 Å². The van der Waals surface area contributed by atoms with E-state index in [1.807, 2.05) is 23.6 Å². The molecule has 0 aliphatic heterocycles. The van der Waals surface area contributed by atoms with Gasteiger partial charge in [0.25, 0.3) is 0 Å². The van der Waals surface area contributed by atoms with Crippen LogP contribution in [0.25, 0.3) is 11.1 Å². The number of nitrogen functional groups attached to an aromatic ring is 2. The smallest absolute Gasteiger partial charge is 0.0414 e. The minimum atomic E-state index is 0.